The van der Waals surface area contributed by atoms with Gasteiger partial charge in [0.25, 0.3) is 5.91 Å². The summed E-state index contributed by atoms with van der Waals surface area (Å²) in [6.45, 7) is 2.64. The van der Waals surface area contributed by atoms with E-state index in [1.54, 1.807) is 43.5 Å². The zero-order chi connectivity index (χ0) is 25.3. The lowest BCUT2D eigenvalue weighted by atomic mass is 10.2. The van der Waals surface area contributed by atoms with Crippen LogP contribution in [0, 0.1) is 0 Å². The smallest absolute Gasteiger partial charge is 0.251 e. The first-order chi connectivity index (χ1) is 17.6. The van der Waals surface area contributed by atoms with Crippen LogP contribution in [0.15, 0.2) is 84.0 Å². The molecule has 3 aromatic carbocycles. The summed E-state index contributed by atoms with van der Waals surface area (Å²) < 4.78 is 12.5. The highest BCUT2D eigenvalue weighted by atomic mass is 32.2. The van der Waals surface area contributed by atoms with Crippen LogP contribution in [0.2, 0.25) is 0 Å². The van der Waals surface area contributed by atoms with E-state index in [-0.39, 0.29) is 24.0 Å². The number of ether oxygens (including phenoxy) is 2. The van der Waals surface area contributed by atoms with Crippen LogP contribution in [0.25, 0.3) is 5.69 Å². The van der Waals surface area contributed by atoms with Gasteiger partial charge in [-0.25, -0.2) is 0 Å². The van der Waals surface area contributed by atoms with Gasteiger partial charge in [-0.2, -0.15) is 0 Å². The number of rotatable bonds is 11. The molecule has 0 spiro atoms. The third-order valence-corrected chi connectivity index (χ3v) is 6.22. The molecule has 0 saturated heterocycles. The van der Waals surface area contributed by atoms with Crippen molar-refractivity contribution in [3.8, 4) is 17.2 Å². The predicted molar refractivity (Wildman–Crippen MR) is 138 cm³/mol. The molecule has 8 nitrogen and oxygen atoms in total. The minimum absolute atomic E-state index is 0.00352. The molecule has 0 fully saturated rings. The van der Waals surface area contributed by atoms with E-state index in [1.807, 2.05) is 54.0 Å². The number of hydrogen-bond donors (Lipinski definition) is 1. The molecular weight excluding hydrogens is 476 g/mol. The molecule has 1 heterocycles. The first kappa shape index (κ1) is 25.0. The van der Waals surface area contributed by atoms with Crippen LogP contribution in [0.4, 0.5) is 0 Å². The molecule has 0 radical (unpaired) electrons. The molecule has 0 atom stereocenters. The van der Waals surface area contributed by atoms with Gasteiger partial charge in [0.1, 0.15) is 11.5 Å². The fourth-order valence-electron chi connectivity index (χ4n) is 3.47. The number of nitrogens with zero attached hydrogens (tertiary/aromatic N) is 3. The van der Waals surface area contributed by atoms with E-state index in [0.717, 1.165) is 11.4 Å². The first-order valence-corrected chi connectivity index (χ1v) is 12.4. The molecule has 0 saturated carbocycles. The van der Waals surface area contributed by atoms with Crippen LogP contribution < -0.4 is 14.8 Å². The van der Waals surface area contributed by atoms with Gasteiger partial charge in [-0.05, 0) is 55.5 Å². The maximum atomic E-state index is 12.7. The zero-order valence-corrected chi connectivity index (χ0v) is 20.8. The topological polar surface area (TPSA) is 95.3 Å². The van der Waals surface area contributed by atoms with Crippen LogP contribution >= 0.6 is 11.8 Å². The Bertz CT molecular complexity index is 1310. The highest BCUT2D eigenvalue weighted by Crippen LogP contribution is 2.25. The Morgan fingerprint density at radius 2 is 1.58 bits per heavy atom. The molecule has 0 aliphatic rings. The van der Waals surface area contributed by atoms with Crippen molar-refractivity contribution in [1.29, 1.82) is 0 Å². The van der Waals surface area contributed by atoms with E-state index in [1.165, 1.54) is 11.8 Å². The van der Waals surface area contributed by atoms with Gasteiger partial charge in [0.2, 0.25) is 0 Å². The summed E-state index contributed by atoms with van der Waals surface area (Å²) in [5.74, 6) is 1.92. The summed E-state index contributed by atoms with van der Waals surface area (Å²) in [4.78, 5) is 25.3. The second kappa shape index (κ2) is 12.0. The summed E-state index contributed by atoms with van der Waals surface area (Å²) in [7, 11) is 1.58. The normalized spacial score (nSPS) is 10.6. The van der Waals surface area contributed by atoms with Crippen LogP contribution in [-0.4, -0.2) is 45.9 Å². The molecule has 0 unspecified atom stereocenters. The van der Waals surface area contributed by atoms with Gasteiger partial charge >= 0.3 is 0 Å². The molecule has 1 amide bonds. The third kappa shape index (κ3) is 6.11. The van der Waals surface area contributed by atoms with Crippen molar-refractivity contribution in [2.45, 2.75) is 18.6 Å². The van der Waals surface area contributed by atoms with Gasteiger partial charge in [0, 0.05) is 16.8 Å². The largest absolute Gasteiger partial charge is 0.497 e. The standard InChI is InChI=1S/C27H26N4O4S/c1-3-35-23-15-11-21(12-16-23)31-25(17-28-26(33)20-9-13-22(34-2)14-10-20)29-30-27(31)36-18-24(32)19-7-5-4-6-8-19/h4-16H,3,17-18H2,1-2H3,(H,28,33). The Morgan fingerprint density at radius 1 is 0.889 bits per heavy atom. The number of carbonyl (C=O) groups excluding carboxylic acids is 2. The Balaban J connectivity index is 1.54. The van der Waals surface area contributed by atoms with Crippen molar-refractivity contribution < 1.29 is 19.1 Å². The summed E-state index contributed by atoms with van der Waals surface area (Å²) in [5.41, 5.74) is 1.95. The van der Waals surface area contributed by atoms with Gasteiger partial charge in [-0.15, -0.1) is 10.2 Å². The van der Waals surface area contributed by atoms with E-state index in [0.29, 0.717) is 34.5 Å². The second-order valence-electron chi connectivity index (χ2n) is 7.65. The molecule has 0 aliphatic heterocycles. The molecular formula is C27H26N4O4S. The van der Waals surface area contributed by atoms with E-state index < -0.39 is 0 Å². The molecule has 4 rings (SSSR count). The van der Waals surface area contributed by atoms with Crippen molar-refractivity contribution in [2.75, 3.05) is 19.5 Å². The predicted octanol–water partition coefficient (Wildman–Crippen LogP) is 4.58. The lowest BCUT2D eigenvalue weighted by molar-refractivity contribution is 0.0948. The third-order valence-electron chi connectivity index (χ3n) is 5.29. The molecule has 4 aromatic rings. The Labute approximate surface area is 213 Å². The van der Waals surface area contributed by atoms with Gasteiger partial charge in [0.05, 0.1) is 26.0 Å². The second-order valence-corrected chi connectivity index (χ2v) is 8.59. The quantitative estimate of drug-likeness (QED) is 0.237. The average molecular weight is 503 g/mol. The molecule has 9 heteroatoms. The minimum Gasteiger partial charge on any atom is -0.497 e. The Hall–Kier alpha value is -4.11. The van der Waals surface area contributed by atoms with Crippen LogP contribution in [0.1, 0.15) is 33.5 Å². The number of ketones is 1. The van der Waals surface area contributed by atoms with Gasteiger partial charge in [-0.3, -0.25) is 14.2 Å². The number of Topliss-reactive ketones (excluding diaryl/α,β-unsaturated/α-hetero) is 1. The lowest BCUT2D eigenvalue weighted by Gasteiger charge is -2.12. The zero-order valence-electron chi connectivity index (χ0n) is 20.0. The fraction of sp³-hybridized carbons (Fsp3) is 0.185. The number of thioether (sulfide) groups is 1. The minimum atomic E-state index is -0.243. The maximum Gasteiger partial charge on any atom is 0.251 e. The van der Waals surface area contributed by atoms with Crippen molar-refractivity contribution in [3.05, 3.63) is 95.8 Å². The Kier molecular flexibility index (Phi) is 8.36. The number of amides is 1. The summed E-state index contributed by atoms with van der Waals surface area (Å²) in [6, 6.07) is 23.5. The highest BCUT2D eigenvalue weighted by molar-refractivity contribution is 7.99. The van der Waals surface area contributed by atoms with Crippen molar-refractivity contribution in [1.82, 2.24) is 20.1 Å². The molecule has 0 bridgehead atoms. The number of nitrogens with one attached hydrogen (secondary N) is 1. The highest BCUT2D eigenvalue weighted by Gasteiger charge is 2.18. The fourth-order valence-corrected chi connectivity index (χ4v) is 4.33. The van der Waals surface area contributed by atoms with E-state index in [2.05, 4.69) is 15.5 Å². The Morgan fingerprint density at radius 3 is 2.25 bits per heavy atom. The van der Waals surface area contributed by atoms with E-state index in [4.69, 9.17) is 9.47 Å². The summed E-state index contributed by atoms with van der Waals surface area (Å²) >= 11 is 1.30. The number of benzene rings is 3. The van der Waals surface area contributed by atoms with Crippen LogP contribution in [-0.2, 0) is 6.54 Å². The van der Waals surface area contributed by atoms with Crippen molar-refractivity contribution >= 4 is 23.5 Å². The van der Waals surface area contributed by atoms with Gasteiger partial charge in [0.15, 0.2) is 16.8 Å². The molecule has 1 N–H and O–H groups in total. The number of carbonyl (C=O) groups is 2. The molecule has 1 aromatic heterocycles. The van der Waals surface area contributed by atoms with Crippen LogP contribution in [0.5, 0.6) is 11.5 Å². The van der Waals surface area contributed by atoms with E-state index in [9.17, 15) is 9.59 Å². The monoisotopic (exact) mass is 502 g/mol. The number of methoxy groups -OCH3 is 1. The van der Waals surface area contributed by atoms with Gasteiger partial charge in [-0.1, -0.05) is 42.1 Å². The van der Waals surface area contributed by atoms with Gasteiger partial charge < -0.3 is 14.8 Å². The van der Waals surface area contributed by atoms with E-state index >= 15 is 0 Å². The summed E-state index contributed by atoms with van der Waals surface area (Å²) in [5, 5.41) is 12.1. The molecule has 184 valence electrons. The maximum absolute atomic E-state index is 12.7. The van der Waals surface area contributed by atoms with Crippen molar-refractivity contribution in [2.24, 2.45) is 0 Å². The first-order valence-electron chi connectivity index (χ1n) is 11.4. The number of hydrogen-bond acceptors (Lipinski definition) is 7. The lowest BCUT2D eigenvalue weighted by Crippen LogP contribution is -2.24. The molecule has 36 heavy (non-hydrogen) atoms. The van der Waals surface area contributed by atoms with Crippen LogP contribution in [0.3, 0.4) is 0 Å². The SMILES string of the molecule is CCOc1ccc(-n2c(CNC(=O)c3ccc(OC)cc3)nnc2SCC(=O)c2ccccc2)cc1. The summed E-state index contributed by atoms with van der Waals surface area (Å²) in [6.07, 6.45) is 0. The number of aromatic nitrogens is 3. The van der Waals surface area contributed by atoms with Crippen molar-refractivity contribution in [3.63, 3.8) is 0 Å². The molecule has 0 aliphatic carbocycles. The average Bonchev–Trinajstić information content (AvgIpc) is 3.34.